The fourth-order valence-corrected chi connectivity index (χ4v) is 2.54. The van der Waals surface area contributed by atoms with E-state index in [9.17, 15) is 9.18 Å². The molecule has 6 heteroatoms. The van der Waals surface area contributed by atoms with E-state index in [1.165, 1.54) is 24.4 Å². The van der Waals surface area contributed by atoms with Crippen LogP contribution in [0.5, 0.6) is 0 Å². The lowest BCUT2D eigenvalue weighted by Gasteiger charge is -2.10. The van der Waals surface area contributed by atoms with Crippen molar-refractivity contribution in [1.29, 1.82) is 0 Å². The molecule has 25 heavy (non-hydrogen) atoms. The van der Waals surface area contributed by atoms with E-state index in [1.807, 2.05) is 19.1 Å². The maximum atomic E-state index is 13.2. The number of halogens is 2. The van der Waals surface area contributed by atoms with E-state index < -0.39 is 5.82 Å². The fraction of sp³-hybridized carbons (Fsp3) is 0.0526. The average Bonchev–Trinajstić information content (AvgIpc) is 2.58. The first-order valence-electron chi connectivity index (χ1n) is 7.57. The van der Waals surface area contributed by atoms with Gasteiger partial charge in [0.15, 0.2) is 0 Å². The van der Waals surface area contributed by atoms with Crippen LogP contribution in [0.25, 0.3) is 0 Å². The Hall–Kier alpha value is -2.92. The summed E-state index contributed by atoms with van der Waals surface area (Å²) in [5, 5.41) is 6.47. The summed E-state index contributed by atoms with van der Waals surface area (Å²) < 4.78 is 13.2. The second-order valence-corrected chi connectivity index (χ2v) is 5.91. The molecule has 2 N–H and O–H groups in total. The van der Waals surface area contributed by atoms with Crippen LogP contribution < -0.4 is 10.6 Å². The molecule has 2 aromatic carbocycles. The highest BCUT2D eigenvalue weighted by Crippen LogP contribution is 2.23. The summed E-state index contributed by atoms with van der Waals surface area (Å²) in [6, 6.07) is 14.4. The minimum Gasteiger partial charge on any atom is -0.340 e. The van der Waals surface area contributed by atoms with Gasteiger partial charge in [0.1, 0.15) is 11.6 Å². The minimum absolute atomic E-state index is 0.344. The standard InChI is InChI=1S/C19H15ClFN3O/c1-12-9-14(20)5-6-17(12)24-18-10-13(7-8-22-18)19(25)23-16-4-2-3-15(21)11-16/h2-11H,1H3,(H,22,24)(H,23,25). The Kier molecular flexibility index (Phi) is 4.95. The number of hydrogen-bond donors (Lipinski definition) is 2. The molecule has 0 saturated heterocycles. The van der Waals surface area contributed by atoms with Crippen LogP contribution in [0, 0.1) is 12.7 Å². The van der Waals surface area contributed by atoms with E-state index in [0.29, 0.717) is 22.1 Å². The molecule has 0 saturated carbocycles. The van der Waals surface area contributed by atoms with Gasteiger partial charge in [-0.15, -0.1) is 0 Å². The van der Waals surface area contributed by atoms with Gasteiger partial charge in [-0.3, -0.25) is 4.79 Å². The summed E-state index contributed by atoms with van der Waals surface area (Å²) in [4.78, 5) is 16.6. The number of hydrogen-bond acceptors (Lipinski definition) is 3. The third kappa shape index (κ3) is 4.33. The fourth-order valence-electron chi connectivity index (χ4n) is 2.31. The summed E-state index contributed by atoms with van der Waals surface area (Å²) in [5.41, 5.74) is 2.61. The Morgan fingerprint density at radius 1 is 1.12 bits per heavy atom. The number of aromatic nitrogens is 1. The second kappa shape index (κ2) is 7.32. The largest absolute Gasteiger partial charge is 0.340 e. The predicted octanol–water partition coefficient (Wildman–Crippen LogP) is 5.18. The van der Waals surface area contributed by atoms with Gasteiger partial charge in [-0.05, 0) is 61.0 Å². The molecule has 0 bridgehead atoms. The Balaban J connectivity index is 1.77. The minimum atomic E-state index is -0.409. The van der Waals surface area contributed by atoms with Gasteiger partial charge in [0.2, 0.25) is 0 Å². The van der Waals surface area contributed by atoms with Crippen molar-refractivity contribution >= 4 is 34.7 Å². The Bertz CT molecular complexity index is 930. The summed E-state index contributed by atoms with van der Waals surface area (Å²) in [7, 11) is 0. The molecule has 0 aliphatic carbocycles. The van der Waals surface area contributed by atoms with Gasteiger partial charge in [0.25, 0.3) is 5.91 Å². The summed E-state index contributed by atoms with van der Waals surface area (Å²) in [6.07, 6.45) is 1.54. The summed E-state index contributed by atoms with van der Waals surface area (Å²) in [6.45, 7) is 1.93. The molecule has 0 atom stereocenters. The highest BCUT2D eigenvalue weighted by molar-refractivity contribution is 6.30. The van der Waals surface area contributed by atoms with E-state index in [0.717, 1.165) is 11.3 Å². The van der Waals surface area contributed by atoms with Crippen molar-refractivity contribution in [3.63, 3.8) is 0 Å². The van der Waals surface area contributed by atoms with E-state index in [-0.39, 0.29) is 5.91 Å². The van der Waals surface area contributed by atoms with Crippen molar-refractivity contribution in [2.24, 2.45) is 0 Å². The first-order chi connectivity index (χ1) is 12.0. The van der Waals surface area contributed by atoms with E-state index in [2.05, 4.69) is 15.6 Å². The van der Waals surface area contributed by atoms with Gasteiger partial charge >= 0.3 is 0 Å². The molecule has 0 unspecified atom stereocenters. The Morgan fingerprint density at radius 3 is 2.72 bits per heavy atom. The molecule has 1 heterocycles. The third-order valence-corrected chi connectivity index (χ3v) is 3.79. The van der Waals surface area contributed by atoms with Crippen molar-refractivity contribution in [2.75, 3.05) is 10.6 Å². The molecule has 0 spiro atoms. The first-order valence-corrected chi connectivity index (χ1v) is 7.95. The van der Waals surface area contributed by atoms with Gasteiger partial charge in [-0.2, -0.15) is 0 Å². The maximum absolute atomic E-state index is 13.2. The molecule has 3 rings (SSSR count). The van der Waals surface area contributed by atoms with E-state index in [1.54, 1.807) is 24.3 Å². The number of nitrogens with one attached hydrogen (secondary N) is 2. The number of amides is 1. The van der Waals surface area contributed by atoms with E-state index >= 15 is 0 Å². The van der Waals surface area contributed by atoms with Crippen LogP contribution in [0.3, 0.4) is 0 Å². The lowest BCUT2D eigenvalue weighted by atomic mass is 10.2. The first kappa shape index (κ1) is 16.9. The monoisotopic (exact) mass is 355 g/mol. The van der Waals surface area contributed by atoms with Gasteiger partial charge in [0, 0.05) is 28.2 Å². The molecule has 3 aromatic rings. The van der Waals surface area contributed by atoms with Crippen LogP contribution in [0.4, 0.5) is 21.6 Å². The Morgan fingerprint density at radius 2 is 1.96 bits per heavy atom. The predicted molar refractivity (Wildman–Crippen MR) is 98.1 cm³/mol. The van der Waals surface area contributed by atoms with E-state index in [4.69, 9.17) is 11.6 Å². The molecule has 0 fully saturated rings. The smallest absolute Gasteiger partial charge is 0.255 e. The quantitative estimate of drug-likeness (QED) is 0.678. The number of anilines is 3. The summed E-state index contributed by atoms with van der Waals surface area (Å²) >= 11 is 5.95. The molecule has 1 amide bonds. The lowest BCUT2D eigenvalue weighted by molar-refractivity contribution is 0.102. The van der Waals surface area contributed by atoms with Crippen LogP contribution in [0.1, 0.15) is 15.9 Å². The van der Waals surface area contributed by atoms with Crippen LogP contribution in [0.15, 0.2) is 60.8 Å². The van der Waals surface area contributed by atoms with Gasteiger partial charge in [-0.25, -0.2) is 9.37 Å². The molecule has 0 radical (unpaired) electrons. The number of carbonyl (C=O) groups is 1. The van der Waals surface area contributed by atoms with Crippen molar-refractivity contribution < 1.29 is 9.18 Å². The molecule has 0 aliphatic rings. The number of rotatable bonds is 4. The maximum Gasteiger partial charge on any atom is 0.255 e. The van der Waals surface area contributed by atoms with Crippen molar-refractivity contribution in [3.8, 4) is 0 Å². The highest BCUT2D eigenvalue weighted by Gasteiger charge is 2.09. The molecule has 126 valence electrons. The number of aryl methyl sites for hydroxylation is 1. The normalized spacial score (nSPS) is 10.4. The molecule has 4 nitrogen and oxygen atoms in total. The number of nitrogens with zero attached hydrogens (tertiary/aromatic N) is 1. The SMILES string of the molecule is Cc1cc(Cl)ccc1Nc1cc(C(=O)Nc2cccc(F)c2)ccn1. The average molecular weight is 356 g/mol. The van der Waals surface area contributed by atoms with Crippen molar-refractivity contribution in [1.82, 2.24) is 4.98 Å². The van der Waals surface area contributed by atoms with Crippen molar-refractivity contribution in [3.05, 3.63) is 82.8 Å². The molecular formula is C19H15ClFN3O. The van der Waals surface area contributed by atoms with Crippen molar-refractivity contribution in [2.45, 2.75) is 6.92 Å². The number of pyridine rings is 1. The number of carbonyl (C=O) groups excluding carboxylic acids is 1. The van der Waals surface area contributed by atoms with Gasteiger partial charge in [0.05, 0.1) is 0 Å². The molecule has 0 aliphatic heterocycles. The van der Waals surface area contributed by atoms with Crippen LogP contribution in [-0.2, 0) is 0 Å². The topological polar surface area (TPSA) is 54.0 Å². The molecule has 1 aromatic heterocycles. The number of benzene rings is 2. The van der Waals surface area contributed by atoms with Crippen LogP contribution in [0.2, 0.25) is 5.02 Å². The van der Waals surface area contributed by atoms with Gasteiger partial charge < -0.3 is 10.6 Å². The third-order valence-electron chi connectivity index (χ3n) is 3.56. The second-order valence-electron chi connectivity index (χ2n) is 5.48. The molecular weight excluding hydrogens is 341 g/mol. The summed E-state index contributed by atoms with van der Waals surface area (Å²) in [5.74, 6) is -0.228. The zero-order valence-electron chi connectivity index (χ0n) is 13.4. The zero-order chi connectivity index (χ0) is 17.8. The van der Waals surface area contributed by atoms with Gasteiger partial charge in [-0.1, -0.05) is 17.7 Å². The lowest BCUT2D eigenvalue weighted by Crippen LogP contribution is -2.12. The highest BCUT2D eigenvalue weighted by atomic mass is 35.5. The van der Waals surface area contributed by atoms with Crippen LogP contribution >= 0.6 is 11.6 Å². The zero-order valence-corrected chi connectivity index (χ0v) is 14.1. The van der Waals surface area contributed by atoms with Crippen LogP contribution in [-0.4, -0.2) is 10.9 Å². The Labute approximate surface area is 149 Å².